The fourth-order valence-corrected chi connectivity index (χ4v) is 2.20. The topological polar surface area (TPSA) is 49.0 Å². The van der Waals surface area contributed by atoms with E-state index in [0.29, 0.717) is 18.0 Å². The number of aromatic nitrogens is 1. The maximum Gasteiger partial charge on any atom is 0.125 e. The maximum atomic E-state index is 4.29. The van der Waals surface area contributed by atoms with E-state index in [-0.39, 0.29) is 0 Å². The number of halogens is 1. The molecule has 16 heavy (non-hydrogen) atoms. The number of nitrogens with zero attached hydrogens (tertiary/aromatic N) is 1. The molecule has 1 aromatic heterocycles. The number of nitrogens with one attached hydrogen (secondary N) is 3. The second-order valence-electron chi connectivity index (χ2n) is 4.27. The number of hydrogen-bond donors (Lipinski definition) is 3. The van der Waals surface area contributed by atoms with E-state index in [4.69, 9.17) is 0 Å². The molecule has 1 saturated heterocycles. The SMILES string of the molecule is CC1NNC(C)C1CNc1ccc(Br)cn1. The van der Waals surface area contributed by atoms with Gasteiger partial charge >= 0.3 is 0 Å². The summed E-state index contributed by atoms with van der Waals surface area (Å²) >= 11 is 3.37. The fourth-order valence-electron chi connectivity index (χ4n) is 1.97. The summed E-state index contributed by atoms with van der Waals surface area (Å²) in [7, 11) is 0. The van der Waals surface area contributed by atoms with Crippen molar-refractivity contribution in [1.29, 1.82) is 0 Å². The van der Waals surface area contributed by atoms with Gasteiger partial charge in [-0.05, 0) is 41.9 Å². The molecule has 1 aliphatic rings. The molecule has 0 spiro atoms. The van der Waals surface area contributed by atoms with E-state index >= 15 is 0 Å². The molecule has 2 unspecified atom stereocenters. The van der Waals surface area contributed by atoms with Crippen LogP contribution in [0.3, 0.4) is 0 Å². The van der Waals surface area contributed by atoms with Gasteiger partial charge in [-0.2, -0.15) is 0 Å². The maximum absolute atomic E-state index is 4.29. The number of anilines is 1. The summed E-state index contributed by atoms with van der Waals surface area (Å²) in [5.74, 6) is 1.50. The third-order valence-electron chi connectivity index (χ3n) is 3.07. The number of hydrogen-bond acceptors (Lipinski definition) is 4. The number of rotatable bonds is 3. The van der Waals surface area contributed by atoms with Crippen LogP contribution in [0.4, 0.5) is 5.82 Å². The molecule has 1 aliphatic heterocycles. The molecule has 5 heteroatoms. The Hall–Kier alpha value is -0.650. The van der Waals surface area contributed by atoms with E-state index in [1.807, 2.05) is 12.1 Å². The first-order valence-corrected chi connectivity index (χ1v) is 6.32. The van der Waals surface area contributed by atoms with Crippen LogP contribution >= 0.6 is 15.9 Å². The average Bonchev–Trinajstić information content (AvgIpc) is 2.59. The van der Waals surface area contributed by atoms with E-state index in [2.05, 4.69) is 50.9 Å². The van der Waals surface area contributed by atoms with E-state index in [1.54, 1.807) is 6.20 Å². The van der Waals surface area contributed by atoms with Crippen molar-refractivity contribution in [3.05, 3.63) is 22.8 Å². The van der Waals surface area contributed by atoms with Crippen molar-refractivity contribution >= 4 is 21.7 Å². The van der Waals surface area contributed by atoms with E-state index < -0.39 is 0 Å². The lowest BCUT2D eigenvalue weighted by molar-refractivity contribution is 0.466. The Bertz CT molecular complexity index is 330. The molecule has 2 rings (SSSR count). The first-order valence-electron chi connectivity index (χ1n) is 5.53. The lowest BCUT2D eigenvalue weighted by Gasteiger charge is -2.18. The molecule has 1 fully saturated rings. The summed E-state index contributed by atoms with van der Waals surface area (Å²) in [5.41, 5.74) is 6.49. The fraction of sp³-hybridized carbons (Fsp3) is 0.545. The smallest absolute Gasteiger partial charge is 0.125 e. The van der Waals surface area contributed by atoms with Crippen molar-refractivity contribution in [1.82, 2.24) is 15.8 Å². The minimum atomic E-state index is 0.484. The molecular formula is C11H17BrN4. The van der Waals surface area contributed by atoms with Gasteiger partial charge in [0, 0.05) is 35.2 Å². The molecular weight excluding hydrogens is 268 g/mol. The summed E-state index contributed by atoms with van der Waals surface area (Å²) < 4.78 is 1.00. The summed E-state index contributed by atoms with van der Waals surface area (Å²) in [4.78, 5) is 4.29. The van der Waals surface area contributed by atoms with Gasteiger partial charge in [0.1, 0.15) is 5.82 Å². The molecule has 2 heterocycles. The Morgan fingerprint density at radius 3 is 2.56 bits per heavy atom. The van der Waals surface area contributed by atoms with Crippen molar-refractivity contribution in [2.45, 2.75) is 25.9 Å². The number of hydrazine groups is 1. The molecule has 88 valence electrons. The van der Waals surface area contributed by atoms with Crippen molar-refractivity contribution in [2.24, 2.45) is 5.92 Å². The summed E-state index contributed by atoms with van der Waals surface area (Å²) in [5, 5.41) is 3.36. The molecule has 0 bridgehead atoms. The summed E-state index contributed by atoms with van der Waals surface area (Å²) in [6.45, 7) is 5.31. The minimum absolute atomic E-state index is 0.484. The monoisotopic (exact) mass is 284 g/mol. The molecule has 3 N–H and O–H groups in total. The van der Waals surface area contributed by atoms with Gasteiger partial charge < -0.3 is 5.32 Å². The molecule has 4 nitrogen and oxygen atoms in total. The van der Waals surface area contributed by atoms with Crippen LogP contribution in [-0.2, 0) is 0 Å². The highest BCUT2D eigenvalue weighted by atomic mass is 79.9. The van der Waals surface area contributed by atoms with E-state index in [1.165, 1.54) is 0 Å². The quantitative estimate of drug-likeness (QED) is 0.792. The second kappa shape index (κ2) is 5.12. The molecule has 0 aliphatic carbocycles. The zero-order valence-corrected chi connectivity index (χ0v) is 11.1. The van der Waals surface area contributed by atoms with Gasteiger partial charge in [-0.25, -0.2) is 4.98 Å². The lowest BCUT2D eigenvalue weighted by Crippen LogP contribution is -2.30. The van der Waals surface area contributed by atoms with Crippen LogP contribution in [0.25, 0.3) is 0 Å². The average molecular weight is 285 g/mol. The van der Waals surface area contributed by atoms with E-state index in [0.717, 1.165) is 16.8 Å². The molecule has 0 radical (unpaired) electrons. The highest BCUT2D eigenvalue weighted by Crippen LogP contribution is 2.16. The van der Waals surface area contributed by atoms with Crippen LogP contribution in [0.1, 0.15) is 13.8 Å². The van der Waals surface area contributed by atoms with Gasteiger partial charge in [0.25, 0.3) is 0 Å². The highest BCUT2D eigenvalue weighted by molar-refractivity contribution is 9.10. The van der Waals surface area contributed by atoms with Crippen LogP contribution in [0.15, 0.2) is 22.8 Å². The summed E-state index contributed by atoms with van der Waals surface area (Å²) in [6.07, 6.45) is 1.81. The highest BCUT2D eigenvalue weighted by Gasteiger charge is 2.29. The number of pyridine rings is 1. The van der Waals surface area contributed by atoms with Crippen LogP contribution < -0.4 is 16.2 Å². The zero-order valence-electron chi connectivity index (χ0n) is 9.50. The minimum Gasteiger partial charge on any atom is -0.370 e. The predicted octanol–water partition coefficient (Wildman–Crippen LogP) is 1.76. The van der Waals surface area contributed by atoms with Gasteiger partial charge in [0.2, 0.25) is 0 Å². The molecule has 2 atom stereocenters. The van der Waals surface area contributed by atoms with Gasteiger partial charge in [0.15, 0.2) is 0 Å². The zero-order chi connectivity index (χ0) is 11.5. The molecule has 1 aromatic rings. The van der Waals surface area contributed by atoms with Gasteiger partial charge in [-0.15, -0.1) is 0 Å². The third-order valence-corrected chi connectivity index (χ3v) is 3.54. The molecule has 0 aromatic carbocycles. The van der Waals surface area contributed by atoms with Crippen LogP contribution in [-0.4, -0.2) is 23.6 Å². The Kier molecular flexibility index (Phi) is 3.78. The second-order valence-corrected chi connectivity index (χ2v) is 5.19. The Morgan fingerprint density at radius 2 is 2.00 bits per heavy atom. The largest absolute Gasteiger partial charge is 0.370 e. The van der Waals surface area contributed by atoms with E-state index in [9.17, 15) is 0 Å². The van der Waals surface area contributed by atoms with Crippen molar-refractivity contribution < 1.29 is 0 Å². The molecule has 0 amide bonds. The molecule has 0 saturated carbocycles. The van der Waals surface area contributed by atoms with Crippen molar-refractivity contribution in [3.63, 3.8) is 0 Å². The summed E-state index contributed by atoms with van der Waals surface area (Å²) in [6, 6.07) is 4.94. The van der Waals surface area contributed by atoms with Crippen LogP contribution in [0.2, 0.25) is 0 Å². The van der Waals surface area contributed by atoms with Crippen LogP contribution in [0, 0.1) is 5.92 Å². The first-order chi connectivity index (χ1) is 7.66. The Morgan fingerprint density at radius 1 is 1.31 bits per heavy atom. The standard InChI is InChI=1S/C11H17BrN4/c1-7-10(8(2)16-15-7)6-14-11-4-3-9(12)5-13-11/h3-5,7-8,10,15-16H,6H2,1-2H3,(H,13,14). The Labute approximate surface area is 104 Å². The normalized spacial score (nSPS) is 29.3. The predicted molar refractivity (Wildman–Crippen MR) is 69.1 cm³/mol. The van der Waals surface area contributed by atoms with Crippen molar-refractivity contribution in [2.75, 3.05) is 11.9 Å². The van der Waals surface area contributed by atoms with Gasteiger partial charge in [0.05, 0.1) is 0 Å². The van der Waals surface area contributed by atoms with Crippen molar-refractivity contribution in [3.8, 4) is 0 Å². The Balaban J connectivity index is 1.89. The van der Waals surface area contributed by atoms with Crippen LogP contribution in [0.5, 0.6) is 0 Å². The van der Waals surface area contributed by atoms with Gasteiger partial charge in [-0.1, -0.05) is 0 Å². The van der Waals surface area contributed by atoms with Gasteiger partial charge in [-0.3, -0.25) is 10.9 Å². The first kappa shape index (κ1) is 11.8. The third kappa shape index (κ3) is 2.72. The lowest BCUT2D eigenvalue weighted by atomic mass is 9.97.